The van der Waals surface area contributed by atoms with E-state index in [1.165, 1.54) is 4.88 Å². The quantitative estimate of drug-likeness (QED) is 0.812. The van der Waals surface area contributed by atoms with Gasteiger partial charge in [0.05, 0.1) is 13.1 Å². The molecule has 0 spiro atoms. The number of rotatable bonds is 6. The number of carbonyl (C=O) groups excluding carboxylic acids is 1. The van der Waals surface area contributed by atoms with Crippen LogP contribution >= 0.6 is 22.9 Å². The van der Waals surface area contributed by atoms with Gasteiger partial charge in [0.15, 0.2) is 0 Å². The van der Waals surface area contributed by atoms with Crippen molar-refractivity contribution in [2.75, 3.05) is 20.6 Å². The highest BCUT2D eigenvalue weighted by molar-refractivity contribution is 7.09. The molecule has 0 bridgehead atoms. The van der Waals surface area contributed by atoms with Crippen LogP contribution in [0.15, 0.2) is 41.8 Å². The zero-order valence-corrected chi connectivity index (χ0v) is 13.8. The monoisotopic (exact) mass is 322 g/mol. The number of amides is 1. The summed E-state index contributed by atoms with van der Waals surface area (Å²) in [6, 6.07) is 11.8. The Morgan fingerprint density at radius 2 is 1.86 bits per heavy atom. The summed E-state index contributed by atoms with van der Waals surface area (Å²) in [5, 5.41) is 2.76. The second kappa shape index (κ2) is 7.59. The summed E-state index contributed by atoms with van der Waals surface area (Å²) in [5.41, 5.74) is 1.15. The molecule has 5 heteroatoms. The number of halogens is 1. The zero-order chi connectivity index (χ0) is 15.2. The maximum absolute atomic E-state index is 12.2. The van der Waals surface area contributed by atoms with Gasteiger partial charge < -0.3 is 4.90 Å². The van der Waals surface area contributed by atoms with Crippen molar-refractivity contribution >= 4 is 28.8 Å². The molecule has 0 unspecified atom stereocenters. The molecule has 1 amide bonds. The van der Waals surface area contributed by atoms with Crippen LogP contribution in [0.4, 0.5) is 0 Å². The fraction of sp³-hybridized carbons (Fsp3) is 0.312. The van der Waals surface area contributed by atoms with E-state index in [1.54, 1.807) is 16.2 Å². The summed E-state index contributed by atoms with van der Waals surface area (Å²) in [4.78, 5) is 17.2. The number of nitrogens with zero attached hydrogens (tertiary/aromatic N) is 2. The van der Waals surface area contributed by atoms with E-state index in [0.717, 1.165) is 17.1 Å². The predicted octanol–water partition coefficient (Wildman–Crippen LogP) is 3.49. The molecule has 0 aliphatic heterocycles. The third-order valence-corrected chi connectivity index (χ3v) is 4.28. The normalized spacial score (nSPS) is 10.9. The summed E-state index contributed by atoms with van der Waals surface area (Å²) < 4.78 is 0. The van der Waals surface area contributed by atoms with Gasteiger partial charge in [-0.1, -0.05) is 29.8 Å². The summed E-state index contributed by atoms with van der Waals surface area (Å²) in [6.07, 6.45) is 0. The third-order valence-electron chi connectivity index (χ3n) is 3.17. The molecule has 0 N–H and O–H groups in total. The van der Waals surface area contributed by atoms with Gasteiger partial charge in [-0.3, -0.25) is 9.69 Å². The second-order valence-electron chi connectivity index (χ2n) is 5.13. The van der Waals surface area contributed by atoms with E-state index in [0.29, 0.717) is 13.1 Å². The molecule has 0 atom stereocenters. The molecular weight excluding hydrogens is 304 g/mol. The first kappa shape index (κ1) is 16.0. The highest BCUT2D eigenvalue weighted by Gasteiger charge is 2.12. The maximum atomic E-state index is 12.2. The van der Waals surface area contributed by atoms with E-state index in [-0.39, 0.29) is 5.91 Å². The van der Waals surface area contributed by atoms with Gasteiger partial charge in [0, 0.05) is 23.5 Å². The van der Waals surface area contributed by atoms with E-state index < -0.39 is 0 Å². The number of likely N-dealkylation sites (N-methyl/N-ethyl adjacent to an activating group) is 2. The molecule has 3 nitrogen and oxygen atoms in total. The molecule has 1 aromatic heterocycles. The van der Waals surface area contributed by atoms with E-state index in [1.807, 2.05) is 60.8 Å². The number of hydrogen-bond acceptors (Lipinski definition) is 3. The first-order chi connectivity index (χ1) is 10.0. The topological polar surface area (TPSA) is 23.6 Å². The Hall–Kier alpha value is -1.36. The predicted molar refractivity (Wildman–Crippen MR) is 88.6 cm³/mol. The van der Waals surface area contributed by atoms with Crippen molar-refractivity contribution in [3.05, 3.63) is 57.2 Å². The molecule has 0 aliphatic carbocycles. The van der Waals surface area contributed by atoms with Crippen LogP contribution in [0.3, 0.4) is 0 Å². The van der Waals surface area contributed by atoms with Crippen LogP contribution in [0.2, 0.25) is 5.02 Å². The van der Waals surface area contributed by atoms with Crippen molar-refractivity contribution in [2.45, 2.75) is 13.1 Å². The molecule has 21 heavy (non-hydrogen) atoms. The van der Waals surface area contributed by atoms with E-state index in [4.69, 9.17) is 11.6 Å². The van der Waals surface area contributed by atoms with Gasteiger partial charge in [-0.15, -0.1) is 11.3 Å². The first-order valence-corrected chi connectivity index (χ1v) is 7.99. The highest BCUT2D eigenvalue weighted by Crippen LogP contribution is 2.12. The average molecular weight is 323 g/mol. The van der Waals surface area contributed by atoms with Crippen LogP contribution in [0.1, 0.15) is 10.4 Å². The molecular formula is C16H19ClN2OS. The number of benzene rings is 1. The van der Waals surface area contributed by atoms with Gasteiger partial charge in [-0.25, -0.2) is 0 Å². The minimum Gasteiger partial charge on any atom is -0.340 e. The summed E-state index contributed by atoms with van der Waals surface area (Å²) in [6.45, 7) is 1.81. The van der Waals surface area contributed by atoms with E-state index >= 15 is 0 Å². The third kappa shape index (κ3) is 5.16. The van der Waals surface area contributed by atoms with Crippen LogP contribution in [-0.4, -0.2) is 36.3 Å². The van der Waals surface area contributed by atoms with Gasteiger partial charge in [0.1, 0.15) is 0 Å². The maximum Gasteiger partial charge on any atom is 0.236 e. The smallest absolute Gasteiger partial charge is 0.236 e. The van der Waals surface area contributed by atoms with Crippen LogP contribution in [-0.2, 0) is 17.9 Å². The first-order valence-electron chi connectivity index (χ1n) is 6.74. The molecule has 0 radical (unpaired) electrons. The minimum absolute atomic E-state index is 0.125. The molecule has 0 fully saturated rings. The molecule has 1 heterocycles. The Morgan fingerprint density at radius 3 is 2.48 bits per heavy atom. The van der Waals surface area contributed by atoms with Crippen molar-refractivity contribution in [3.8, 4) is 0 Å². The molecule has 112 valence electrons. The fourth-order valence-corrected chi connectivity index (χ4v) is 2.92. The van der Waals surface area contributed by atoms with Crippen LogP contribution in [0.5, 0.6) is 0 Å². The lowest BCUT2D eigenvalue weighted by molar-refractivity contribution is -0.131. The minimum atomic E-state index is 0.125. The van der Waals surface area contributed by atoms with Crippen molar-refractivity contribution < 1.29 is 4.79 Å². The average Bonchev–Trinajstić information content (AvgIpc) is 2.94. The Labute approximate surface area is 134 Å². The molecule has 0 saturated carbocycles. The molecule has 2 aromatic rings. The van der Waals surface area contributed by atoms with Crippen molar-refractivity contribution in [1.82, 2.24) is 9.80 Å². The van der Waals surface area contributed by atoms with E-state index in [2.05, 4.69) is 0 Å². The standard InChI is InChI=1S/C16H19ClN2OS/c1-18(10-13-5-7-14(17)8-6-13)12-16(20)19(2)11-15-4-3-9-21-15/h3-9H,10-12H2,1-2H3. The summed E-state index contributed by atoms with van der Waals surface area (Å²) >= 11 is 7.54. The number of carbonyl (C=O) groups is 1. The van der Waals surface area contributed by atoms with Crippen LogP contribution in [0, 0.1) is 0 Å². The SMILES string of the molecule is CN(CC(=O)N(C)Cc1cccs1)Cc1ccc(Cl)cc1. The van der Waals surface area contributed by atoms with Gasteiger partial charge in [-0.05, 0) is 36.2 Å². The van der Waals surface area contributed by atoms with Crippen LogP contribution in [0.25, 0.3) is 0 Å². The Balaban J connectivity index is 1.82. The van der Waals surface area contributed by atoms with Gasteiger partial charge in [0.2, 0.25) is 5.91 Å². The number of hydrogen-bond donors (Lipinski definition) is 0. The Kier molecular flexibility index (Phi) is 5.79. The van der Waals surface area contributed by atoms with Gasteiger partial charge >= 0.3 is 0 Å². The summed E-state index contributed by atoms with van der Waals surface area (Å²) in [5.74, 6) is 0.125. The second-order valence-corrected chi connectivity index (χ2v) is 6.60. The highest BCUT2D eigenvalue weighted by atomic mass is 35.5. The van der Waals surface area contributed by atoms with Crippen LogP contribution < -0.4 is 0 Å². The molecule has 1 aromatic carbocycles. The van der Waals surface area contributed by atoms with Crippen molar-refractivity contribution in [1.29, 1.82) is 0 Å². The Bertz CT molecular complexity index is 568. The summed E-state index contributed by atoms with van der Waals surface area (Å²) in [7, 11) is 3.80. The number of thiophene rings is 1. The largest absolute Gasteiger partial charge is 0.340 e. The molecule has 2 rings (SSSR count). The van der Waals surface area contributed by atoms with Crippen molar-refractivity contribution in [2.24, 2.45) is 0 Å². The van der Waals surface area contributed by atoms with Crippen molar-refractivity contribution in [3.63, 3.8) is 0 Å². The lowest BCUT2D eigenvalue weighted by Gasteiger charge is -2.21. The Morgan fingerprint density at radius 1 is 1.14 bits per heavy atom. The molecule has 0 aliphatic rings. The molecule has 0 saturated heterocycles. The van der Waals surface area contributed by atoms with E-state index in [9.17, 15) is 4.79 Å². The lowest BCUT2D eigenvalue weighted by Crippen LogP contribution is -2.35. The van der Waals surface area contributed by atoms with Gasteiger partial charge in [0.25, 0.3) is 0 Å². The lowest BCUT2D eigenvalue weighted by atomic mass is 10.2. The fourth-order valence-electron chi connectivity index (χ4n) is 2.03. The zero-order valence-electron chi connectivity index (χ0n) is 12.3. The van der Waals surface area contributed by atoms with Gasteiger partial charge in [-0.2, -0.15) is 0 Å².